The largest absolute Gasteiger partial charge is 0.476 e. The van der Waals surface area contributed by atoms with Gasteiger partial charge in [0, 0.05) is 0 Å². The molecule has 0 aromatic rings. The molecule has 0 N–H and O–H groups in total. The van der Waals surface area contributed by atoms with Crippen LogP contribution in [0.3, 0.4) is 0 Å². The lowest BCUT2D eigenvalue weighted by Crippen LogP contribution is -2.57. The van der Waals surface area contributed by atoms with Crippen LogP contribution in [0, 0.1) is 23.7 Å². The van der Waals surface area contributed by atoms with E-state index in [1.807, 2.05) is 0 Å². The molecule has 0 atom stereocenters. The predicted molar refractivity (Wildman–Crippen MR) is 62.7 cm³/mol. The molecule has 2 heteroatoms. The Hall–Kier alpha value is -0.500. The molecule has 4 saturated carbocycles. The van der Waals surface area contributed by atoms with E-state index in [4.69, 9.17) is 9.47 Å². The van der Waals surface area contributed by atoms with Gasteiger partial charge < -0.3 is 9.47 Å². The molecule has 16 heavy (non-hydrogen) atoms. The topological polar surface area (TPSA) is 18.5 Å². The maximum Gasteiger partial charge on any atom is 0.188 e. The zero-order chi connectivity index (χ0) is 11.2. The average Bonchev–Trinajstić information content (AvgIpc) is 2.25. The average molecular weight is 222 g/mol. The van der Waals surface area contributed by atoms with Crippen molar-refractivity contribution in [1.29, 1.82) is 0 Å². The highest BCUT2D eigenvalue weighted by Crippen LogP contribution is 2.59. The molecule has 0 amide bonds. The van der Waals surface area contributed by atoms with Crippen LogP contribution in [0.4, 0.5) is 0 Å². The molecule has 2 nitrogen and oxygen atoms in total. The predicted octanol–water partition coefficient (Wildman–Crippen LogP) is 3.34. The monoisotopic (exact) mass is 222 g/mol. The van der Waals surface area contributed by atoms with E-state index >= 15 is 0 Å². The zero-order valence-electron chi connectivity index (χ0n) is 10.2. The second-order valence-electron chi connectivity index (χ2n) is 6.08. The van der Waals surface area contributed by atoms with Crippen LogP contribution in [0.25, 0.3) is 0 Å². The number of ether oxygens (including phenoxy) is 2. The van der Waals surface area contributed by atoms with E-state index in [0.717, 1.165) is 23.7 Å². The van der Waals surface area contributed by atoms with Crippen molar-refractivity contribution in [2.75, 3.05) is 6.79 Å². The van der Waals surface area contributed by atoms with Crippen molar-refractivity contribution in [1.82, 2.24) is 0 Å². The van der Waals surface area contributed by atoms with Gasteiger partial charge in [-0.15, -0.1) is 0 Å². The van der Waals surface area contributed by atoms with Crippen LogP contribution in [0.1, 0.15) is 39.0 Å². The van der Waals surface area contributed by atoms with Gasteiger partial charge in [0.25, 0.3) is 0 Å². The molecule has 0 spiro atoms. The molecular formula is C14H22O2. The van der Waals surface area contributed by atoms with Gasteiger partial charge in [0.15, 0.2) is 6.79 Å². The minimum atomic E-state index is 0.0798. The smallest absolute Gasteiger partial charge is 0.188 e. The van der Waals surface area contributed by atoms with Crippen molar-refractivity contribution in [2.45, 2.75) is 44.6 Å². The quantitative estimate of drug-likeness (QED) is 0.412. The summed E-state index contributed by atoms with van der Waals surface area (Å²) < 4.78 is 11.2. The Bertz CT molecular complexity index is 256. The van der Waals surface area contributed by atoms with Crippen LogP contribution in [-0.4, -0.2) is 12.4 Å². The van der Waals surface area contributed by atoms with Gasteiger partial charge in [0.05, 0.1) is 11.9 Å². The fraction of sp³-hybridized carbons (Fsp3) is 0.857. The van der Waals surface area contributed by atoms with Crippen molar-refractivity contribution in [3.05, 3.63) is 12.8 Å². The van der Waals surface area contributed by atoms with E-state index in [2.05, 4.69) is 13.5 Å². The van der Waals surface area contributed by atoms with E-state index in [-0.39, 0.29) is 5.60 Å². The molecular weight excluding hydrogens is 200 g/mol. The van der Waals surface area contributed by atoms with E-state index < -0.39 is 0 Å². The highest BCUT2D eigenvalue weighted by molar-refractivity contribution is 5.05. The van der Waals surface area contributed by atoms with Gasteiger partial charge in [-0.1, -0.05) is 6.58 Å². The van der Waals surface area contributed by atoms with Crippen molar-refractivity contribution in [2.24, 2.45) is 23.7 Å². The molecule has 4 aliphatic carbocycles. The highest BCUT2D eigenvalue weighted by atomic mass is 16.7. The van der Waals surface area contributed by atoms with Crippen LogP contribution in [0.5, 0.6) is 0 Å². The minimum absolute atomic E-state index is 0.0798. The van der Waals surface area contributed by atoms with Crippen LogP contribution in [0.2, 0.25) is 0 Å². The zero-order valence-corrected chi connectivity index (χ0v) is 10.2. The van der Waals surface area contributed by atoms with E-state index in [1.165, 1.54) is 38.4 Å². The Balaban J connectivity index is 1.72. The summed E-state index contributed by atoms with van der Waals surface area (Å²) in [5, 5.41) is 0. The Morgan fingerprint density at radius 3 is 2.19 bits per heavy atom. The number of rotatable bonds is 4. The Morgan fingerprint density at radius 1 is 1.12 bits per heavy atom. The Morgan fingerprint density at radius 2 is 1.69 bits per heavy atom. The fourth-order valence-electron chi connectivity index (χ4n) is 4.56. The second-order valence-corrected chi connectivity index (χ2v) is 6.08. The van der Waals surface area contributed by atoms with Crippen molar-refractivity contribution in [3.63, 3.8) is 0 Å². The highest BCUT2D eigenvalue weighted by Gasteiger charge is 2.55. The summed E-state index contributed by atoms with van der Waals surface area (Å²) >= 11 is 0. The molecule has 4 rings (SSSR count). The first-order chi connectivity index (χ1) is 7.72. The molecule has 4 fully saturated rings. The maximum atomic E-state index is 6.05. The van der Waals surface area contributed by atoms with Gasteiger partial charge in [-0.25, -0.2) is 0 Å². The second kappa shape index (κ2) is 3.76. The first-order valence-corrected chi connectivity index (χ1v) is 6.59. The lowest BCUT2D eigenvalue weighted by Gasteiger charge is -2.59. The molecule has 90 valence electrons. The number of hydrogen-bond acceptors (Lipinski definition) is 2. The van der Waals surface area contributed by atoms with Gasteiger partial charge in [-0.3, -0.25) is 0 Å². The molecule has 0 aromatic heterocycles. The molecule has 0 radical (unpaired) electrons. The summed E-state index contributed by atoms with van der Waals surface area (Å²) in [7, 11) is 0. The Labute approximate surface area is 98.0 Å². The molecule has 4 bridgehead atoms. The third-order valence-electron chi connectivity index (χ3n) is 5.32. The molecule has 0 aromatic carbocycles. The van der Waals surface area contributed by atoms with Crippen molar-refractivity contribution in [3.8, 4) is 0 Å². The van der Waals surface area contributed by atoms with Crippen LogP contribution < -0.4 is 0 Å². The third-order valence-corrected chi connectivity index (χ3v) is 5.32. The minimum Gasteiger partial charge on any atom is -0.476 e. The Kier molecular flexibility index (Phi) is 2.50. The van der Waals surface area contributed by atoms with Crippen LogP contribution >= 0.6 is 0 Å². The van der Waals surface area contributed by atoms with Crippen LogP contribution in [-0.2, 0) is 9.47 Å². The molecule has 0 heterocycles. The summed E-state index contributed by atoms with van der Waals surface area (Å²) in [6, 6.07) is 0. The summed E-state index contributed by atoms with van der Waals surface area (Å²) in [5.74, 6) is 3.55. The van der Waals surface area contributed by atoms with Crippen LogP contribution in [0.15, 0.2) is 12.8 Å². The standard InChI is InChI=1S/C14H22O2/c1-3-15-9-16-14(2)12-5-10-4-11(7-12)8-13(14)6-10/h3,10-13H,1,4-9H2,2H3. The molecule has 0 unspecified atom stereocenters. The maximum absolute atomic E-state index is 6.05. The lowest BCUT2D eigenvalue weighted by atomic mass is 9.50. The summed E-state index contributed by atoms with van der Waals surface area (Å²) in [6.45, 7) is 6.24. The van der Waals surface area contributed by atoms with Gasteiger partial charge in [0.1, 0.15) is 0 Å². The fourth-order valence-corrected chi connectivity index (χ4v) is 4.56. The first-order valence-electron chi connectivity index (χ1n) is 6.59. The van der Waals surface area contributed by atoms with Gasteiger partial charge in [-0.2, -0.15) is 0 Å². The summed E-state index contributed by atoms with van der Waals surface area (Å²) in [4.78, 5) is 0. The molecule has 4 aliphatic rings. The van der Waals surface area contributed by atoms with Gasteiger partial charge in [-0.05, 0) is 62.7 Å². The lowest BCUT2D eigenvalue weighted by molar-refractivity contribution is -0.223. The van der Waals surface area contributed by atoms with Gasteiger partial charge >= 0.3 is 0 Å². The van der Waals surface area contributed by atoms with E-state index in [9.17, 15) is 0 Å². The van der Waals surface area contributed by atoms with E-state index in [0.29, 0.717) is 6.79 Å². The SMILES string of the molecule is C=COCOC1(C)C2CC3CC(C2)CC1C3. The van der Waals surface area contributed by atoms with Crippen molar-refractivity contribution < 1.29 is 9.47 Å². The third kappa shape index (κ3) is 1.50. The normalized spacial score (nSPS) is 49.3. The summed E-state index contributed by atoms with van der Waals surface area (Å²) in [6.07, 6.45) is 8.51. The molecule has 0 saturated heterocycles. The molecule has 0 aliphatic heterocycles. The summed E-state index contributed by atoms with van der Waals surface area (Å²) in [5.41, 5.74) is 0.0798. The first kappa shape index (κ1) is 10.6. The van der Waals surface area contributed by atoms with Gasteiger partial charge in [0.2, 0.25) is 0 Å². The number of hydrogen-bond donors (Lipinski definition) is 0. The van der Waals surface area contributed by atoms with Crippen molar-refractivity contribution >= 4 is 0 Å². The van der Waals surface area contributed by atoms with E-state index in [1.54, 1.807) is 0 Å².